The molecule has 0 saturated carbocycles. The highest BCUT2D eigenvalue weighted by Gasteiger charge is 2.58. The van der Waals surface area contributed by atoms with Gasteiger partial charge in [0, 0.05) is 76.3 Å². The van der Waals surface area contributed by atoms with Crippen molar-refractivity contribution in [3.63, 3.8) is 0 Å². The van der Waals surface area contributed by atoms with Crippen LogP contribution in [0.2, 0.25) is 0 Å². The zero-order valence-electron chi connectivity index (χ0n) is 37.7. The first-order valence-electron chi connectivity index (χ1n) is 20.1. The highest BCUT2D eigenvalue weighted by molar-refractivity contribution is 8.01. The molecular weight excluding hydrogens is 911 g/mol. The zero-order chi connectivity index (χ0) is 48.9. The normalized spacial score (nSPS) is 32.0. The smallest absolute Gasteiger partial charge is 0.303 e. The fraction of sp³-hybridized carbons (Fsp3) is 0.744. The Hall–Kier alpha value is -4.76. The summed E-state index contributed by atoms with van der Waals surface area (Å²) in [7, 11) is 1.27. The number of esters is 7. The van der Waals surface area contributed by atoms with Gasteiger partial charge in [0.15, 0.2) is 18.5 Å². The number of rotatable bonds is 18. The molecule has 0 unspecified atom stereocenters. The van der Waals surface area contributed by atoms with Gasteiger partial charge < -0.3 is 68.1 Å². The molecule has 0 bridgehead atoms. The summed E-state index contributed by atoms with van der Waals surface area (Å²) in [5.74, 6) is -7.44. The van der Waals surface area contributed by atoms with E-state index in [1.165, 1.54) is 21.0 Å². The molecule has 3 aliphatic rings. The van der Waals surface area contributed by atoms with Crippen molar-refractivity contribution in [3.8, 4) is 0 Å². The number of carbonyl (C=O) groups is 10. The maximum absolute atomic E-state index is 13.1. The van der Waals surface area contributed by atoms with Crippen LogP contribution in [0.15, 0.2) is 0 Å². The Morgan fingerprint density at radius 2 is 0.738 bits per heavy atom. The monoisotopic (exact) mass is 967 g/mol. The van der Waals surface area contributed by atoms with Crippen LogP contribution in [0.25, 0.3) is 0 Å². The number of hydrogen-bond acceptors (Lipinski definition) is 23. The van der Waals surface area contributed by atoms with E-state index in [1.54, 1.807) is 0 Å². The van der Waals surface area contributed by atoms with E-state index in [4.69, 9.17) is 52.1 Å². The summed E-state index contributed by atoms with van der Waals surface area (Å²) in [6.07, 6.45) is -10.8. The van der Waals surface area contributed by atoms with Crippen molar-refractivity contribution in [1.29, 1.82) is 0 Å². The molecule has 0 spiro atoms. The summed E-state index contributed by atoms with van der Waals surface area (Å²) in [5, 5.41) is 5.72. The fourth-order valence-electron chi connectivity index (χ4n) is 7.28. The summed E-state index contributed by atoms with van der Waals surface area (Å²) in [6.45, 7) is 9.73. The molecule has 3 rings (SSSR count). The molecule has 366 valence electrons. The number of amides is 3. The molecule has 3 saturated heterocycles. The molecule has 0 aromatic heterocycles. The van der Waals surface area contributed by atoms with Gasteiger partial charge in [0.25, 0.3) is 0 Å². The molecule has 0 radical (unpaired) electrons. The predicted octanol–water partition coefficient (Wildman–Crippen LogP) is -1.06. The summed E-state index contributed by atoms with van der Waals surface area (Å²) in [6, 6.07) is -3.88. The van der Waals surface area contributed by atoms with Crippen molar-refractivity contribution in [2.24, 2.45) is 0 Å². The first-order valence-corrected chi connectivity index (χ1v) is 22.0. The number of nitrogens with one attached hydrogen (secondary N) is 3. The van der Waals surface area contributed by atoms with Crippen molar-refractivity contribution in [1.82, 2.24) is 16.0 Å². The van der Waals surface area contributed by atoms with Crippen molar-refractivity contribution < 1.29 is 100 Å². The minimum atomic E-state index is -1.49. The minimum absolute atomic E-state index is 0.437. The van der Waals surface area contributed by atoms with Crippen LogP contribution in [0.4, 0.5) is 0 Å². The average molecular weight is 968 g/mol. The maximum Gasteiger partial charge on any atom is 0.303 e. The highest BCUT2D eigenvalue weighted by atomic mass is 32.2. The third-order valence-electron chi connectivity index (χ3n) is 9.42. The van der Waals surface area contributed by atoms with Crippen molar-refractivity contribution >= 4 is 83.0 Å². The molecule has 3 amide bonds. The van der Waals surface area contributed by atoms with Gasteiger partial charge >= 0.3 is 41.8 Å². The quantitative estimate of drug-likeness (QED) is 0.109. The second kappa shape index (κ2) is 25.2. The van der Waals surface area contributed by atoms with Gasteiger partial charge in [0.2, 0.25) is 17.7 Å². The van der Waals surface area contributed by atoms with Crippen LogP contribution < -0.4 is 16.0 Å². The van der Waals surface area contributed by atoms with E-state index in [9.17, 15) is 47.9 Å². The lowest BCUT2D eigenvalue weighted by atomic mass is 9.97. The molecule has 3 heterocycles. The third-order valence-corrected chi connectivity index (χ3v) is 12.5. The van der Waals surface area contributed by atoms with E-state index in [0.29, 0.717) is 0 Å². The molecular formula is C39H57N3O21S2. The van der Waals surface area contributed by atoms with Gasteiger partial charge in [0.05, 0.1) is 10.5 Å². The van der Waals surface area contributed by atoms with Crippen molar-refractivity contribution in [3.05, 3.63) is 0 Å². The Morgan fingerprint density at radius 1 is 0.415 bits per heavy atom. The van der Waals surface area contributed by atoms with Crippen LogP contribution in [0.5, 0.6) is 0 Å². The van der Waals surface area contributed by atoms with Crippen LogP contribution in [0.3, 0.4) is 0 Å². The lowest BCUT2D eigenvalue weighted by molar-refractivity contribution is -0.231. The maximum atomic E-state index is 13.1. The standard InChI is InChI=1S/C39H57N3O21S2/c1-15(43)40-28-33(59-23(9)51)35(26(13-55-19(5)47)61-37(28)53-11)64-39-30(42-17(3)45)34(60-24(10)52)36(27(63-39)14-56-20(6)48)65-38-29(41-16(2)44)32(58-22(8)50)31(57-21(7)49)25(62-38)12-54-18(4)46/h25-39H,12-14H2,1-11H3,(H,40,43)(H,41,44)(H,42,45)/t25-,26-,27-,28-,29-,30-,31-,32-,33-,34-,35-,36-,37+,38+,39+/m1/s1. The van der Waals surface area contributed by atoms with Crippen LogP contribution in [0, 0.1) is 0 Å². The average Bonchev–Trinajstić information content (AvgIpc) is 3.17. The number of methoxy groups -OCH3 is 1. The van der Waals surface area contributed by atoms with Crippen molar-refractivity contribution in [2.75, 3.05) is 26.9 Å². The third kappa shape index (κ3) is 16.6. The Balaban J connectivity index is 2.29. The largest absolute Gasteiger partial charge is 0.463 e. The second-order valence-corrected chi connectivity index (χ2v) is 17.5. The Bertz CT molecular complexity index is 1770. The summed E-state index contributed by atoms with van der Waals surface area (Å²) < 4.78 is 63.7. The molecule has 65 heavy (non-hydrogen) atoms. The molecule has 0 aliphatic carbocycles. The molecule has 3 aliphatic heterocycles. The molecule has 24 nitrogen and oxygen atoms in total. The lowest BCUT2D eigenvalue weighted by Crippen LogP contribution is -2.68. The van der Waals surface area contributed by atoms with E-state index in [-0.39, 0.29) is 0 Å². The molecule has 3 fully saturated rings. The molecule has 15 atom stereocenters. The second-order valence-electron chi connectivity index (χ2n) is 14.9. The van der Waals surface area contributed by atoms with Gasteiger partial charge in [-0.2, -0.15) is 0 Å². The molecule has 26 heteroatoms. The minimum Gasteiger partial charge on any atom is -0.463 e. The summed E-state index contributed by atoms with van der Waals surface area (Å²) in [5.41, 5.74) is -2.72. The Morgan fingerprint density at radius 3 is 1.12 bits per heavy atom. The van der Waals surface area contributed by atoms with Gasteiger partial charge in [-0.25, -0.2) is 0 Å². The molecule has 0 aromatic carbocycles. The van der Waals surface area contributed by atoms with Gasteiger partial charge in [-0.1, -0.05) is 0 Å². The Labute approximate surface area is 382 Å². The van der Waals surface area contributed by atoms with Crippen LogP contribution in [0.1, 0.15) is 69.2 Å². The number of thioether (sulfide) groups is 2. The van der Waals surface area contributed by atoms with E-state index in [1.807, 2.05) is 0 Å². The van der Waals surface area contributed by atoms with Gasteiger partial charge in [-0.05, 0) is 0 Å². The molecule has 0 aromatic rings. The van der Waals surface area contributed by atoms with Crippen molar-refractivity contribution in [2.45, 2.75) is 158 Å². The first-order chi connectivity index (χ1) is 30.4. The van der Waals surface area contributed by atoms with Gasteiger partial charge in [0.1, 0.15) is 79.3 Å². The SMILES string of the molecule is CO[C@H]1O[C@H](COC(C)=O)[C@@H](S[C@@H]2O[C@H](COC(C)=O)[C@@H](S[C@@H]3O[C@H](COC(C)=O)[C@@H](OC(C)=O)[C@H](OC(C)=O)[C@H]3NC(C)=O)[C@H](OC(C)=O)[C@H]2NC(C)=O)[C@H](OC(C)=O)[C@H]1NC(C)=O. The number of ether oxygens (including phenoxy) is 11. The van der Waals surface area contributed by atoms with Crippen LogP contribution in [-0.4, -0.2) is 175 Å². The van der Waals surface area contributed by atoms with E-state index < -0.39 is 168 Å². The van der Waals surface area contributed by atoms with Gasteiger partial charge in [-0.3, -0.25) is 47.9 Å². The van der Waals surface area contributed by atoms with Crippen LogP contribution in [-0.2, 0) is 100 Å². The lowest BCUT2D eigenvalue weighted by Gasteiger charge is -2.51. The topological polar surface area (TPSA) is 308 Å². The van der Waals surface area contributed by atoms with E-state index in [0.717, 1.165) is 78.9 Å². The van der Waals surface area contributed by atoms with Gasteiger partial charge in [-0.15, -0.1) is 23.5 Å². The van der Waals surface area contributed by atoms with Crippen LogP contribution >= 0.6 is 23.5 Å². The number of hydrogen-bond donors (Lipinski definition) is 3. The summed E-state index contributed by atoms with van der Waals surface area (Å²) in [4.78, 5) is 126. The fourth-order valence-corrected chi connectivity index (χ4v) is 10.5. The number of carbonyl (C=O) groups excluding carboxylic acids is 10. The first kappa shape index (κ1) is 54.6. The molecule has 3 N–H and O–H groups in total. The Kier molecular flexibility index (Phi) is 21.2. The predicted molar refractivity (Wildman–Crippen MR) is 221 cm³/mol. The summed E-state index contributed by atoms with van der Waals surface area (Å²) >= 11 is 1.70. The highest BCUT2D eigenvalue weighted by Crippen LogP contribution is 2.45. The van der Waals surface area contributed by atoms with E-state index >= 15 is 0 Å². The van der Waals surface area contributed by atoms with E-state index in [2.05, 4.69) is 16.0 Å². The zero-order valence-corrected chi connectivity index (χ0v) is 39.3.